The quantitative estimate of drug-likeness (QED) is 0.867. The molecule has 2 aromatic rings. The highest BCUT2D eigenvalue weighted by atomic mass is 19.2. The van der Waals surface area contributed by atoms with Gasteiger partial charge >= 0.3 is 0 Å². The molecule has 2 rings (SSSR count). The van der Waals surface area contributed by atoms with E-state index in [1.807, 2.05) is 0 Å². The maximum atomic E-state index is 13.4. The van der Waals surface area contributed by atoms with E-state index in [2.05, 4.69) is 0 Å². The average Bonchev–Trinajstić information content (AvgIpc) is 2.60. The first-order chi connectivity index (χ1) is 11.8. The molecular weight excluding hydrogens is 328 g/mol. The van der Waals surface area contributed by atoms with E-state index < -0.39 is 23.8 Å². The molecule has 4 nitrogen and oxygen atoms in total. The third-order valence-corrected chi connectivity index (χ3v) is 4.10. The van der Waals surface area contributed by atoms with Crippen LogP contribution < -0.4 is 4.74 Å². The van der Waals surface area contributed by atoms with Crippen molar-refractivity contribution in [3.05, 3.63) is 65.2 Å². The summed E-state index contributed by atoms with van der Waals surface area (Å²) >= 11 is 0. The summed E-state index contributed by atoms with van der Waals surface area (Å²) in [6, 6.07) is 9.98. The number of amides is 1. The van der Waals surface area contributed by atoms with E-state index >= 15 is 0 Å². The molecule has 6 heteroatoms. The number of halogens is 2. The zero-order valence-corrected chi connectivity index (χ0v) is 14.4. The lowest BCUT2D eigenvalue weighted by Crippen LogP contribution is -2.33. The molecule has 2 aromatic carbocycles. The molecule has 0 radical (unpaired) electrons. The van der Waals surface area contributed by atoms with Gasteiger partial charge in [-0.05, 0) is 49.2 Å². The SMILES string of the molecule is CC(O)c1cccc(OCC(=O)N(C)C(C)c2ccc(F)c(F)c2)c1. The van der Waals surface area contributed by atoms with Crippen LogP contribution >= 0.6 is 0 Å². The van der Waals surface area contributed by atoms with Crippen LogP contribution in [0, 0.1) is 11.6 Å². The predicted molar refractivity (Wildman–Crippen MR) is 90.1 cm³/mol. The van der Waals surface area contributed by atoms with Crippen LogP contribution in [0.3, 0.4) is 0 Å². The standard InChI is InChI=1S/C19H21F2NO3/c1-12(14-7-8-17(20)18(21)10-14)22(3)19(24)11-25-16-6-4-5-15(9-16)13(2)23/h4-10,12-13,23H,11H2,1-3H3. The Morgan fingerprint density at radius 3 is 2.48 bits per heavy atom. The summed E-state index contributed by atoms with van der Waals surface area (Å²) in [5, 5.41) is 9.57. The highest BCUT2D eigenvalue weighted by Gasteiger charge is 2.19. The van der Waals surface area contributed by atoms with Crippen molar-refractivity contribution >= 4 is 5.91 Å². The van der Waals surface area contributed by atoms with Crippen molar-refractivity contribution in [2.24, 2.45) is 0 Å². The second kappa shape index (κ2) is 8.07. The van der Waals surface area contributed by atoms with Crippen LogP contribution in [0.2, 0.25) is 0 Å². The van der Waals surface area contributed by atoms with Crippen molar-refractivity contribution in [2.45, 2.75) is 26.0 Å². The molecule has 1 amide bonds. The Bertz CT molecular complexity index is 749. The molecule has 0 spiro atoms. The molecule has 0 aliphatic carbocycles. The summed E-state index contributed by atoms with van der Waals surface area (Å²) in [5.41, 5.74) is 1.18. The Balaban J connectivity index is 1.99. The highest BCUT2D eigenvalue weighted by molar-refractivity contribution is 5.78. The lowest BCUT2D eigenvalue weighted by atomic mass is 10.1. The maximum absolute atomic E-state index is 13.4. The molecule has 1 N–H and O–H groups in total. The fourth-order valence-electron chi connectivity index (χ4n) is 2.32. The number of carbonyl (C=O) groups is 1. The van der Waals surface area contributed by atoms with Gasteiger partial charge in [-0.3, -0.25) is 4.79 Å². The van der Waals surface area contributed by atoms with Gasteiger partial charge in [0, 0.05) is 7.05 Å². The van der Waals surface area contributed by atoms with Crippen LogP contribution in [0.1, 0.15) is 37.1 Å². The van der Waals surface area contributed by atoms with Gasteiger partial charge in [-0.15, -0.1) is 0 Å². The minimum atomic E-state index is -0.948. The topological polar surface area (TPSA) is 49.8 Å². The van der Waals surface area contributed by atoms with E-state index in [0.717, 1.165) is 12.1 Å². The third-order valence-electron chi connectivity index (χ3n) is 4.10. The molecule has 25 heavy (non-hydrogen) atoms. The van der Waals surface area contributed by atoms with Crippen molar-refractivity contribution in [1.29, 1.82) is 0 Å². The van der Waals surface area contributed by atoms with Gasteiger partial charge in [0.2, 0.25) is 0 Å². The van der Waals surface area contributed by atoms with Gasteiger partial charge in [-0.2, -0.15) is 0 Å². The lowest BCUT2D eigenvalue weighted by Gasteiger charge is -2.25. The first-order valence-electron chi connectivity index (χ1n) is 7.91. The molecular formula is C19H21F2NO3. The highest BCUT2D eigenvalue weighted by Crippen LogP contribution is 2.22. The second-order valence-electron chi connectivity index (χ2n) is 5.89. The van der Waals surface area contributed by atoms with Gasteiger partial charge in [0.05, 0.1) is 12.1 Å². The number of hydrogen-bond acceptors (Lipinski definition) is 3. The zero-order chi connectivity index (χ0) is 18.6. The van der Waals surface area contributed by atoms with Gasteiger partial charge in [0.15, 0.2) is 18.2 Å². The third kappa shape index (κ3) is 4.76. The van der Waals surface area contributed by atoms with Gasteiger partial charge < -0.3 is 14.7 Å². The number of aliphatic hydroxyl groups excluding tert-OH is 1. The molecule has 0 aliphatic rings. The lowest BCUT2D eigenvalue weighted by molar-refractivity contribution is -0.134. The molecule has 0 aromatic heterocycles. The number of carbonyl (C=O) groups excluding carboxylic acids is 1. The van der Waals surface area contributed by atoms with Gasteiger partial charge in [0.1, 0.15) is 5.75 Å². The predicted octanol–water partition coefficient (Wildman–Crippen LogP) is 3.62. The van der Waals surface area contributed by atoms with Crippen molar-refractivity contribution in [3.63, 3.8) is 0 Å². The number of ether oxygens (including phenoxy) is 1. The average molecular weight is 349 g/mol. The number of likely N-dealkylation sites (N-methyl/N-ethyl adjacent to an activating group) is 1. The number of aliphatic hydroxyl groups is 1. The summed E-state index contributed by atoms with van der Waals surface area (Å²) in [6.45, 7) is 3.16. The minimum absolute atomic E-state index is 0.201. The number of rotatable bonds is 6. The summed E-state index contributed by atoms with van der Waals surface area (Å²) in [5.74, 6) is -1.71. The Labute approximate surface area is 145 Å². The first kappa shape index (κ1) is 18.9. The number of nitrogens with zero attached hydrogens (tertiary/aromatic N) is 1. The van der Waals surface area contributed by atoms with Crippen molar-refractivity contribution < 1.29 is 23.4 Å². The van der Waals surface area contributed by atoms with E-state index in [0.29, 0.717) is 16.9 Å². The van der Waals surface area contributed by atoms with Gasteiger partial charge in [-0.25, -0.2) is 8.78 Å². The molecule has 0 heterocycles. The molecule has 0 aliphatic heterocycles. The molecule has 0 bridgehead atoms. The van der Waals surface area contributed by atoms with Crippen molar-refractivity contribution in [2.75, 3.05) is 13.7 Å². The molecule has 2 unspecified atom stereocenters. The Morgan fingerprint density at radius 2 is 1.84 bits per heavy atom. The van der Waals surface area contributed by atoms with Gasteiger partial charge in [-0.1, -0.05) is 18.2 Å². The Kier molecular flexibility index (Phi) is 6.09. The zero-order valence-electron chi connectivity index (χ0n) is 14.4. The van der Waals surface area contributed by atoms with Crippen LogP contribution in [0.4, 0.5) is 8.78 Å². The fourth-order valence-corrected chi connectivity index (χ4v) is 2.32. The Morgan fingerprint density at radius 1 is 1.12 bits per heavy atom. The van der Waals surface area contributed by atoms with Crippen molar-refractivity contribution in [1.82, 2.24) is 4.90 Å². The van der Waals surface area contributed by atoms with E-state index in [9.17, 15) is 18.7 Å². The molecule has 0 saturated carbocycles. The van der Waals surface area contributed by atoms with E-state index in [-0.39, 0.29) is 12.5 Å². The normalized spacial score (nSPS) is 13.2. The second-order valence-corrected chi connectivity index (χ2v) is 5.89. The molecule has 134 valence electrons. The number of benzene rings is 2. The summed E-state index contributed by atoms with van der Waals surface area (Å²) in [4.78, 5) is 13.7. The first-order valence-corrected chi connectivity index (χ1v) is 7.91. The van der Waals surface area contributed by atoms with Crippen LogP contribution in [0.15, 0.2) is 42.5 Å². The summed E-state index contributed by atoms with van der Waals surface area (Å²) < 4.78 is 31.9. The fraction of sp³-hybridized carbons (Fsp3) is 0.316. The Hall–Kier alpha value is -2.47. The van der Waals surface area contributed by atoms with E-state index in [1.165, 1.54) is 11.0 Å². The molecule has 0 saturated heterocycles. The van der Waals surface area contributed by atoms with Crippen LogP contribution in [0.5, 0.6) is 5.75 Å². The maximum Gasteiger partial charge on any atom is 0.260 e. The number of hydrogen-bond donors (Lipinski definition) is 1. The largest absolute Gasteiger partial charge is 0.484 e. The van der Waals surface area contributed by atoms with Gasteiger partial charge in [0.25, 0.3) is 5.91 Å². The summed E-state index contributed by atoms with van der Waals surface area (Å²) in [7, 11) is 1.57. The smallest absolute Gasteiger partial charge is 0.260 e. The van der Waals surface area contributed by atoms with Crippen LogP contribution in [-0.2, 0) is 4.79 Å². The van der Waals surface area contributed by atoms with Crippen molar-refractivity contribution in [3.8, 4) is 5.75 Å². The van der Waals surface area contributed by atoms with E-state index in [1.54, 1.807) is 45.2 Å². The van der Waals surface area contributed by atoms with E-state index in [4.69, 9.17) is 4.74 Å². The summed E-state index contributed by atoms with van der Waals surface area (Å²) in [6.07, 6.45) is -0.629. The van der Waals surface area contributed by atoms with Crippen LogP contribution in [0.25, 0.3) is 0 Å². The van der Waals surface area contributed by atoms with Crippen LogP contribution in [-0.4, -0.2) is 29.6 Å². The molecule has 2 atom stereocenters. The molecule has 0 fully saturated rings. The minimum Gasteiger partial charge on any atom is -0.484 e. The monoisotopic (exact) mass is 349 g/mol.